The number of nitrogens with two attached hydrogens (primary N) is 1. The molecule has 0 amide bonds. The maximum absolute atomic E-state index is 5.92. The number of fused-ring (bicyclic) bond motifs is 1. The average Bonchev–Trinajstić information content (AvgIpc) is 2.27. The van der Waals surface area contributed by atoms with Crippen molar-refractivity contribution in [3.05, 3.63) is 0 Å². The third-order valence-corrected chi connectivity index (χ3v) is 4.77. The summed E-state index contributed by atoms with van der Waals surface area (Å²) in [6.45, 7) is 0.918. The summed E-state index contributed by atoms with van der Waals surface area (Å²) in [5, 5.41) is 0. The smallest absolute Gasteiger partial charge is 0.0120 e. The lowest BCUT2D eigenvalue weighted by Gasteiger charge is -2.48. The molecule has 0 radical (unpaired) electrons. The summed E-state index contributed by atoms with van der Waals surface area (Å²) in [7, 11) is 4.50. The van der Waals surface area contributed by atoms with E-state index in [1.807, 2.05) is 0 Å². The second-order valence-electron chi connectivity index (χ2n) is 5.72. The molecule has 4 unspecified atom stereocenters. The van der Waals surface area contributed by atoms with Crippen molar-refractivity contribution in [3.63, 3.8) is 0 Å². The molecule has 2 rings (SSSR count). The van der Waals surface area contributed by atoms with E-state index < -0.39 is 0 Å². The molecule has 2 aliphatic carbocycles. The van der Waals surface area contributed by atoms with Crippen molar-refractivity contribution in [3.8, 4) is 0 Å². The van der Waals surface area contributed by atoms with Gasteiger partial charge in [-0.2, -0.15) is 0 Å². The molecule has 2 saturated carbocycles. The molecule has 2 aliphatic rings. The summed E-state index contributed by atoms with van der Waals surface area (Å²) in [5.41, 5.74) is 5.92. The van der Waals surface area contributed by atoms with Crippen LogP contribution in [0.3, 0.4) is 0 Å². The van der Waals surface area contributed by atoms with Gasteiger partial charge in [0.2, 0.25) is 0 Å². The van der Waals surface area contributed by atoms with Gasteiger partial charge >= 0.3 is 0 Å². The minimum Gasteiger partial charge on any atom is -0.330 e. The van der Waals surface area contributed by atoms with Crippen molar-refractivity contribution in [2.45, 2.75) is 44.6 Å². The highest BCUT2D eigenvalue weighted by molar-refractivity contribution is 4.93. The Labute approximate surface area is 94.2 Å². The average molecular weight is 210 g/mol. The fraction of sp³-hybridized carbons (Fsp3) is 1.00. The van der Waals surface area contributed by atoms with E-state index in [9.17, 15) is 0 Å². The van der Waals surface area contributed by atoms with Gasteiger partial charge in [0.25, 0.3) is 0 Å². The molecule has 88 valence electrons. The molecule has 2 fully saturated rings. The second-order valence-corrected chi connectivity index (χ2v) is 5.72. The molecule has 0 heterocycles. The quantitative estimate of drug-likeness (QED) is 0.756. The summed E-state index contributed by atoms with van der Waals surface area (Å²) >= 11 is 0. The van der Waals surface area contributed by atoms with Crippen LogP contribution in [-0.2, 0) is 0 Å². The summed E-state index contributed by atoms with van der Waals surface area (Å²) in [5.74, 6) is 2.70. The summed E-state index contributed by atoms with van der Waals surface area (Å²) in [4.78, 5) is 2.45. The van der Waals surface area contributed by atoms with E-state index >= 15 is 0 Å². The fourth-order valence-electron chi connectivity index (χ4n) is 4.00. The zero-order valence-corrected chi connectivity index (χ0v) is 10.3. The normalized spacial score (nSPS) is 41.6. The maximum Gasteiger partial charge on any atom is 0.0120 e. The highest BCUT2D eigenvalue weighted by Gasteiger charge is 2.40. The molecule has 0 aromatic heterocycles. The molecular weight excluding hydrogens is 184 g/mol. The maximum atomic E-state index is 5.92. The van der Waals surface area contributed by atoms with Gasteiger partial charge in [-0.15, -0.1) is 0 Å². The Morgan fingerprint density at radius 3 is 2.27 bits per heavy atom. The van der Waals surface area contributed by atoms with Crippen LogP contribution < -0.4 is 5.73 Å². The first-order valence-corrected chi connectivity index (χ1v) is 6.60. The van der Waals surface area contributed by atoms with Crippen molar-refractivity contribution < 1.29 is 0 Å². The summed E-state index contributed by atoms with van der Waals surface area (Å²) in [6, 6.07) is 0.832. The molecule has 2 N–H and O–H groups in total. The predicted molar refractivity (Wildman–Crippen MR) is 64.7 cm³/mol. The Morgan fingerprint density at radius 1 is 1.00 bits per heavy atom. The molecule has 0 aromatic carbocycles. The molecule has 0 aromatic rings. The van der Waals surface area contributed by atoms with Gasteiger partial charge in [0.15, 0.2) is 0 Å². The molecule has 2 heteroatoms. The Balaban J connectivity index is 2.08. The molecule has 0 aliphatic heterocycles. The van der Waals surface area contributed by atoms with Crippen LogP contribution in [0, 0.1) is 17.8 Å². The van der Waals surface area contributed by atoms with Gasteiger partial charge in [-0.25, -0.2) is 0 Å². The number of rotatable bonds is 2. The third kappa shape index (κ3) is 2.21. The first-order valence-electron chi connectivity index (χ1n) is 6.60. The van der Waals surface area contributed by atoms with Gasteiger partial charge in [-0.1, -0.05) is 12.8 Å². The van der Waals surface area contributed by atoms with Crippen LogP contribution in [-0.4, -0.2) is 31.6 Å². The first kappa shape index (κ1) is 11.4. The highest BCUT2D eigenvalue weighted by Crippen LogP contribution is 2.44. The van der Waals surface area contributed by atoms with Crippen molar-refractivity contribution >= 4 is 0 Å². The highest BCUT2D eigenvalue weighted by atomic mass is 15.1. The Bertz CT molecular complexity index is 203. The summed E-state index contributed by atoms with van der Waals surface area (Å²) in [6.07, 6.45) is 8.51. The van der Waals surface area contributed by atoms with Crippen LogP contribution in [0.25, 0.3) is 0 Å². The molecule has 15 heavy (non-hydrogen) atoms. The van der Waals surface area contributed by atoms with Crippen molar-refractivity contribution in [2.75, 3.05) is 20.6 Å². The van der Waals surface area contributed by atoms with E-state index in [-0.39, 0.29) is 0 Å². The van der Waals surface area contributed by atoms with Crippen molar-refractivity contribution in [1.82, 2.24) is 4.90 Å². The van der Waals surface area contributed by atoms with E-state index in [4.69, 9.17) is 5.73 Å². The monoisotopic (exact) mass is 210 g/mol. The Morgan fingerprint density at radius 2 is 1.67 bits per heavy atom. The predicted octanol–water partition coefficient (Wildman–Crippen LogP) is 2.09. The van der Waals surface area contributed by atoms with E-state index in [0.29, 0.717) is 0 Å². The lowest BCUT2D eigenvalue weighted by molar-refractivity contribution is 0.0309. The van der Waals surface area contributed by atoms with Gasteiger partial charge in [0, 0.05) is 6.04 Å². The van der Waals surface area contributed by atoms with Crippen LogP contribution in [0.2, 0.25) is 0 Å². The number of hydrogen-bond acceptors (Lipinski definition) is 2. The lowest BCUT2D eigenvalue weighted by Crippen LogP contribution is -2.48. The Hall–Kier alpha value is -0.0800. The minimum atomic E-state index is 0.825. The molecule has 0 bridgehead atoms. The fourth-order valence-corrected chi connectivity index (χ4v) is 4.00. The zero-order chi connectivity index (χ0) is 10.8. The standard InChI is InChI=1S/C13H26N2/c1-15(2)13-8-7-10(9-14)11-5-3-4-6-12(11)13/h10-13H,3-9,14H2,1-2H3. The van der Waals surface area contributed by atoms with E-state index in [0.717, 1.165) is 30.3 Å². The molecule has 4 atom stereocenters. The van der Waals surface area contributed by atoms with Gasteiger partial charge in [0.1, 0.15) is 0 Å². The minimum absolute atomic E-state index is 0.825. The molecule has 0 spiro atoms. The molecular formula is C13H26N2. The second kappa shape index (κ2) is 4.84. The zero-order valence-electron chi connectivity index (χ0n) is 10.3. The van der Waals surface area contributed by atoms with Crippen LogP contribution in [0.1, 0.15) is 38.5 Å². The van der Waals surface area contributed by atoms with Gasteiger partial charge in [-0.05, 0) is 64.1 Å². The largest absolute Gasteiger partial charge is 0.330 e. The lowest BCUT2D eigenvalue weighted by atomic mass is 9.63. The number of hydrogen-bond donors (Lipinski definition) is 1. The SMILES string of the molecule is CN(C)C1CCC(CN)C2CCCCC21. The van der Waals surface area contributed by atoms with E-state index in [2.05, 4.69) is 19.0 Å². The summed E-state index contributed by atoms with van der Waals surface area (Å²) < 4.78 is 0. The van der Waals surface area contributed by atoms with Gasteiger partial charge < -0.3 is 10.6 Å². The van der Waals surface area contributed by atoms with Crippen molar-refractivity contribution in [2.24, 2.45) is 23.5 Å². The topological polar surface area (TPSA) is 29.3 Å². The van der Waals surface area contributed by atoms with Crippen LogP contribution >= 0.6 is 0 Å². The van der Waals surface area contributed by atoms with Crippen LogP contribution in [0.5, 0.6) is 0 Å². The number of nitrogens with zero attached hydrogens (tertiary/aromatic N) is 1. The van der Waals surface area contributed by atoms with E-state index in [1.54, 1.807) is 0 Å². The first-order chi connectivity index (χ1) is 7.24. The molecule has 2 nitrogen and oxygen atoms in total. The Kier molecular flexibility index (Phi) is 3.68. The van der Waals surface area contributed by atoms with Crippen LogP contribution in [0.15, 0.2) is 0 Å². The van der Waals surface area contributed by atoms with Crippen LogP contribution in [0.4, 0.5) is 0 Å². The third-order valence-electron chi connectivity index (χ3n) is 4.77. The van der Waals surface area contributed by atoms with Gasteiger partial charge in [-0.3, -0.25) is 0 Å². The van der Waals surface area contributed by atoms with E-state index in [1.165, 1.54) is 38.5 Å². The van der Waals surface area contributed by atoms with Crippen molar-refractivity contribution in [1.29, 1.82) is 0 Å². The van der Waals surface area contributed by atoms with Gasteiger partial charge in [0.05, 0.1) is 0 Å². The molecule has 0 saturated heterocycles.